The molecule has 2 aromatic heterocycles. The molecule has 474 valence electrons. The molecule has 2 bridgehead atoms. The van der Waals surface area contributed by atoms with Crippen LogP contribution in [0, 0.1) is 17.1 Å². The highest BCUT2D eigenvalue weighted by molar-refractivity contribution is 6.30. The molecule has 2 fully saturated rings. The second-order valence-corrected chi connectivity index (χ2v) is 23.1. The minimum Gasteiger partial charge on any atom is -0.497 e. The van der Waals surface area contributed by atoms with E-state index in [1.807, 2.05) is 49.1 Å². The standard InChI is InChI=1S/C64H72Cl2FN13O10/c1-40(2)90-54-35-46(85-4)16-18-48(54)61-73-58(41-7-11-43(65)12-8-41)59(42-9-13-44(66)14-10-42)80(61)64(84)77-24-23-76(56(82)39-77)25-27-87-29-31-89-33-32-88-30-28-86-26-19-55(81)70-20-22-79-53-38-75(3)63(83)47-17-15-45(67)34-49(47)52-6-5-21-78(52)62-60(69)71-37-51(72-62)57(53)50(36-68)74-79/h7-18,34-35,37,40,52,58-59H,5-6,19-33,38-39H2,1-4H3,(H2,69,71)(H,70,81)/t52-,58+,59-/m1/s1. The Kier molecular flexibility index (Phi) is 21.5. The van der Waals surface area contributed by atoms with Gasteiger partial charge in [0.15, 0.2) is 17.3 Å². The lowest BCUT2D eigenvalue weighted by Crippen LogP contribution is -2.56. The Morgan fingerprint density at radius 3 is 2.19 bits per heavy atom. The first-order valence-electron chi connectivity index (χ1n) is 29.9. The Bertz CT molecular complexity index is 3630. The van der Waals surface area contributed by atoms with Crippen molar-refractivity contribution in [2.24, 2.45) is 4.99 Å². The van der Waals surface area contributed by atoms with Gasteiger partial charge in [-0.3, -0.25) is 29.0 Å². The number of piperazine rings is 1. The second-order valence-electron chi connectivity index (χ2n) is 22.2. The third-order valence-corrected chi connectivity index (χ3v) is 16.4. The molecule has 4 aliphatic heterocycles. The van der Waals surface area contributed by atoms with Gasteiger partial charge in [0.05, 0.1) is 120 Å². The number of nitrogens with zero attached hydrogens (tertiary/aromatic N) is 11. The van der Waals surface area contributed by atoms with Gasteiger partial charge in [-0.05, 0) is 98.0 Å². The van der Waals surface area contributed by atoms with Crippen molar-refractivity contribution in [3.05, 3.63) is 146 Å². The SMILES string of the molecule is COc1ccc(C2=N[C@@H](c3ccc(Cl)cc3)[C@@H](c3ccc(Cl)cc3)N2C(=O)N2CCN(CCOCCOCCOCCOCCC(=O)NCCn3nc(C#N)c4c3CN(C)C(=O)c3ccc(F)cc3[C@H]3CCCN3c3nc-4cnc3N)C(=O)C2)c(OC(C)C)c1. The highest BCUT2D eigenvalue weighted by Gasteiger charge is 2.46. The van der Waals surface area contributed by atoms with E-state index in [1.165, 1.54) is 29.3 Å². The number of amides is 5. The number of halogens is 3. The van der Waals surface area contributed by atoms with Crippen LogP contribution in [-0.4, -0.2) is 181 Å². The molecule has 4 aromatic carbocycles. The molecule has 5 amide bonds. The number of aromatic nitrogens is 4. The molecular weight excluding hydrogens is 1200 g/mol. The molecule has 0 spiro atoms. The van der Waals surface area contributed by atoms with Gasteiger partial charge in [0.2, 0.25) is 11.8 Å². The fourth-order valence-corrected chi connectivity index (χ4v) is 11.8. The third kappa shape index (κ3) is 15.1. The van der Waals surface area contributed by atoms with Crippen LogP contribution in [0.2, 0.25) is 10.0 Å². The molecule has 2 saturated heterocycles. The topological polar surface area (TPSA) is 258 Å². The summed E-state index contributed by atoms with van der Waals surface area (Å²) in [5.74, 6) is 0.703. The highest BCUT2D eigenvalue weighted by atomic mass is 35.5. The number of carbonyl (C=O) groups is 4. The van der Waals surface area contributed by atoms with E-state index in [4.69, 9.17) is 67.3 Å². The van der Waals surface area contributed by atoms with Crippen molar-refractivity contribution in [3.63, 3.8) is 0 Å². The molecule has 0 saturated carbocycles. The summed E-state index contributed by atoms with van der Waals surface area (Å²) < 4.78 is 51.0. The fraction of sp³-hybridized carbons (Fsp3) is 0.422. The van der Waals surface area contributed by atoms with Crippen molar-refractivity contribution in [1.82, 2.24) is 44.7 Å². The van der Waals surface area contributed by atoms with E-state index >= 15 is 4.79 Å². The van der Waals surface area contributed by atoms with Crippen molar-refractivity contribution in [1.29, 1.82) is 5.26 Å². The van der Waals surface area contributed by atoms with Crippen LogP contribution in [0.4, 0.5) is 20.8 Å². The van der Waals surface area contributed by atoms with Gasteiger partial charge in [-0.15, -0.1) is 0 Å². The van der Waals surface area contributed by atoms with Gasteiger partial charge in [0.25, 0.3) is 5.91 Å². The minimum absolute atomic E-state index is 0.0169. The molecule has 0 unspecified atom stereocenters. The van der Waals surface area contributed by atoms with Crippen molar-refractivity contribution < 1.29 is 52.0 Å². The molecule has 10 rings (SSSR count). The van der Waals surface area contributed by atoms with E-state index < -0.39 is 17.9 Å². The summed E-state index contributed by atoms with van der Waals surface area (Å²) in [6.07, 6.45) is 2.75. The van der Waals surface area contributed by atoms with Gasteiger partial charge in [0.1, 0.15) is 41.8 Å². The Labute approximate surface area is 531 Å². The molecule has 23 nitrogen and oxygen atoms in total. The van der Waals surface area contributed by atoms with E-state index in [0.717, 1.165) is 17.5 Å². The van der Waals surface area contributed by atoms with E-state index in [9.17, 15) is 24.0 Å². The Hall–Kier alpha value is -8.44. The number of nitrogens with two attached hydrogens (primary N) is 1. The maximum Gasteiger partial charge on any atom is 0.326 e. The summed E-state index contributed by atoms with van der Waals surface area (Å²) in [7, 11) is 3.21. The van der Waals surface area contributed by atoms with E-state index in [2.05, 4.69) is 21.5 Å². The predicted octanol–water partition coefficient (Wildman–Crippen LogP) is 8.04. The van der Waals surface area contributed by atoms with E-state index in [-0.39, 0.29) is 113 Å². The summed E-state index contributed by atoms with van der Waals surface area (Å²) >= 11 is 12.7. The zero-order chi connectivity index (χ0) is 63.4. The van der Waals surface area contributed by atoms with Crippen molar-refractivity contribution in [3.8, 4) is 28.8 Å². The van der Waals surface area contributed by atoms with Crippen LogP contribution in [0.25, 0.3) is 11.3 Å². The zero-order valence-corrected chi connectivity index (χ0v) is 52.1. The smallest absolute Gasteiger partial charge is 0.326 e. The molecule has 3 N–H and O–H groups in total. The maximum atomic E-state index is 15.1. The molecule has 90 heavy (non-hydrogen) atoms. The van der Waals surface area contributed by atoms with Crippen LogP contribution in [0.1, 0.15) is 95.2 Å². The number of rotatable bonds is 24. The molecule has 6 heterocycles. The number of anilines is 2. The average molecular weight is 1270 g/mol. The number of aliphatic imine (C=N–C) groups is 1. The number of methoxy groups -OCH3 is 1. The normalized spacial score (nSPS) is 17.3. The van der Waals surface area contributed by atoms with Crippen LogP contribution >= 0.6 is 23.2 Å². The van der Waals surface area contributed by atoms with Crippen LogP contribution in [0.5, 0.6) is 11.5 Å². The van der Waals surface area contributed by atoms with Gasteiger partial charge in [-0.2, -0.15) is 10.4 Å². The number of nitrogens with one attached hydrogen (secondary N) is 1. The number of carbonyl (C=O) groups excluding carboxylic acids is 4. The van der Waals surface area contributed by atoms with Crippen molar-refractivity contribution in [2.45, 2.75) is 70.4 Å². The summed E-state index contributed by atoms with van der Waals surface area (Å²) in [4.78, 5) is 78.8. The largest absolute Gasteiger partial charge is 0.497 e. The monoisotopic (exact) mass is 1270 g/mol. The zero-order valence-electron chi connectivity index (χ0n) is 50.6. The van der Waals surface area contributed by atoms with Crippen LogP contribution in [0.15, 0.2) is 96.1 Å². The Balaban J connectivity index is 0.633. The number of nitrogen functional groups attached to an aromatic ring is 1. The summed E-state index contributed by atoms with van der Waals surface area (Å²) in [5.41, 5.74) is 10.8. The number of nitriles is 1. The van der Waals surface area contributed by atoms with Gasteiger partial charge in [-0.1, -0.05) is 47.5 Å². The molecular formula is C64H72Cl2FN13O10. The lowest BCUT2D eigenvalue weighted by Gasteiger charge is -2.38. The lowest BCUT2D eigenvalue weighted by molar-refractivity contribution is -0.135. The molecule has 6 aromatic rings. The highest BCUT2D eigenvalue weighted by Crippen LogP contribution is 2.47. The van der Waals surface area contributed by atoms with Crippen molar-refractivity contribution >= 4 is 64.4 Å². The number of ether oxygens (including phenoxy) is 6. The summed E-state index contributed by atoms with van der Waals surface area (Å²) in [6, 6.07) is 24.5. The van der Waals surface area contributed by atoms with Crippen LogP contribution < -0.4 is 25.4 Å². The number of urea groups is 1. The molecule has 0 aliphatic carbocycles. The van der Waals surface area contributed by atoms with Crippen LogP contribution in [0.3, 0.4) is 0 Å². The molecule has 3 atom stereocenters. The fourth-order valence-electron chi connectivity index (χ4n) is 11.5. The minimum atomic E-state index is -0.628. The molecule has 4 aliphatic rings. The second kappa shape index (κ2) is 29.9. The van der Waals surface area contributed by atoms with Gasteiger partial charge in [-0.25, -0.2) is 19.2 Å². The molecule has 26 heteroatoms. The first kappa shape index (κ1) is 64.5. The molecule has 0 radical (unpaired) electrons. The first-order valence-corrected chi connectivity index (χ1v) is 30.7. The summed E-state index contributed by atoms with van der Waals surface area (Å²) in [5, 5.41) is 18.8. The Morgan fingerprint density at radius 1 is 0.833 bits per heavy atom. The average Bonchev–Trinajstić information content (AvgIpc) is 1.58. The number of hydrogen-bond acceptors (Lipinski definition) is 17. The Morgan fingerprint density at radius 2 is 1.51 bits per heavy atom. The summed E-state index contributed by atoms with van der Waals surface area (Å²) in [6.45, 7) is 7.69. The number of amidine groups is 1. The van der Waals surface area contributed by atoms with Gasteiger partial charge >= 0.3 is 6.03 Å². The number of hydrogen-bond donors (Lipinski definition) is 2. The van der Waals surface area contributed by atoms with Crippen LogP contribution in [-0.2, 0) is 41.6 Å². The number of fused-ring (bicyclic) bond motifs is 8. The van der Waals surface area contributed by atoms with Gasteiger partial charge < -0.3 is 59.1 Å². The maximum absolute atomic E-state index is 15.1. The lowest BCUT2D eigenvalue weighted by atomic mass is 9.93. The third-order valence-electron chi connectivity index (χ3n) is 15.9. The quantitative estimate of drug-likeness (QED) is 0.0543. The van der Waals surface area contributed by atoms with Crippen molar-refractivity contribution in [2.75, 3.05) is 117 Å². The van der Waals surface area contributed by atoms with E-state index in [0.29, 0.717) is 119 Å². The first-order chi connectivity index (χ1) is 43.6. The van der Waals surface area contributed by atoms with Gasteiger partial charge in [0, 0.05) is 67.9 Å². The number of benzene rings is 4. The van der Waals surface area contributed by atoms with E-state index in [1.54, 1.807) is 69.9 Å². The predicted molar refractivity (Wildman–Crippen MR) is 334 cm³/mol.